The summed E-state index contributed by atoms with van der Waals surface area (Å²) < 4.78 is 19.6. The Morgan fingerprint density at radius 2 is 0.944 bits per heavy atom. The number of phosphoric ester groups is 1. The van der Waals surface area contributed by atoms with Crippen molar-refractivity contribution in [2.45, 2.75) is 161 Å². The van der Waals surface area contributed by atoms with Gasteiger partial charge in [-0.15, -0.1) is 0 Å². The minimum Gasteiger partial charge on any atom is -0.463 e. The molecule has 7 nitrogen and oxygen atoms in total. The molecule has 0 aliphatic rings. The molecule has 0 saturated carbocycles. The van der Waals surface area contributed by atoms with Crippen LogP contribution in [-0.4, -0.2) is 40.2 Å². The Morgan fingerprint density at radius 1 is 0.611 bits per heavy atom. The maximum absolute atomic E-state index is 11.6. The average Bonchev–Trinajstić information content (AvgIpc) is 2.84. The normalized spacial score (nSPS) is 12.7. The quantitative estimate of drug-likeness (QED) is 0.0527. The van der Waals surface area contributed by atoms with E-state index in [1.165, 1.54) is 122 Å². The van der Waals surface area contributed by atoms with Gasteiger partial charge >= 0.3 is 13.8 Å². The van der Waals surface area contributed by atoms with Crippen LogP contribution >= 0.6 is 7.82 Å². The minimum absolute atomic E-state index is 0.297. The van der Waals surface area contributed by atoms with Gasteiger partial charge in [0.2, 0.25) is 0 Å². The van der Waals surface area contributed by atoms with Crippen molar-refractivity contribution in [2.75, 3.05) is 13.2 Å². The second-order valence-electron chi connectivity index (χ2n) is 10.3. The molecule has 0 amide bonds. The van der Waals surface area contributed by atoms with Gasteiger partial charge in [-0.25, -0.2) is 4.57 Å². The monoisotopic (exact) mass is 536 g/mol. The van der Waals surface area contributed by atoms with Crippen LogP contribution in [0, 0.1) is 0 Å². The third kappa shape index (κ3) is 29.8. The molecule has 0 aromatic heterocycles. The lowest BCUT2D eigenvalue weighted by atomic mass is 10.0. The standard InChI is InChI=1S/C28H57O7P/c1-2-3-4-5-6-7-8-9-10-11-12-13-14-15-16-17-18-19-20-21-22-23-24-28(30)34-25-27(29)26-35-36(31,32)33/h27,29H,2-26H2,1H3,(H2,31,32,33). The molecular weight excluding hydrogens is 479 g/mol. The minimum atomic E-state index is -4.62. The molecule has 3 N–H and O–H groups in total. The predicted octanol–water partition coefficient (Wildman–Crippen LogP) is 7.99. The van der Waals surface area contributed by atoms with E-state index in [4.69, 9.17) is 14.5 Å². The molecule has 8 heteroatoms. The summed E-state index contributed by atoms with van der Waals surface area (Å²) in [6.45, 7) is 1.38. The second kappa shape index (κ2) is 26.2. The smallest absolute Gasteiger partial charge is 0.463 e. The average molecular weight is 537 g/mol. The summed E-state index contributed by atoms with van der Waals surface area (Å²) in [6.07, 6.45) is 28.1. The molecule has 0 radical (unpaired) electrons. The molecule has 0 spiro atoms. The number of ether oxygens (including phenoxy) is 1. The SMILES string of the molecule is CCCCCCCCCCCCCCCCCCCCCCCCC(=O)OCC(O)COP(=O)(O)O. The number of hydrogen-bond acceptors (Lipinski definition) is 5. The molecular formula is C28H57O7P. The molecule has 0 aromatic carbocycles. The van der Waals surface area contributed by atoms with Crippen molar-refractivity contribution in [1.29, 1.82) is 0 Å². The molecule has 0 rings (SSSR count). The Morgan fingerprint density at radius 3 is 1.28 bits per heavy atom. The second-order valence-corrected chi connectivity index (χ2v) is 11.5. The summed E-state index contributed by atoms with van der Waals surface area (Å²) in [6, 6.07) is 0. The number of rotatable bonds is 28. The van der Waals surface area contributed by atoms with Gasteiger partial charge in [-0.2, -0.15) is 0 Å². The fourth-order valence-corrected chi connectivity index (χ4v) is 4.74. The zero-order valence-electron chi connectivity index (χ0n) is 23.2. The molecule has 0 aliphatic carbocycles. The van der Waals surface area contributed by atoms with Crippen molar-refractivity contribution in [3.8, 4) is 0 Å². The molecule has 1 unspecified atom stereocenters. The number of esters is 1. The number of carbonyl (C=O) groups is 1. The predicted molar refractivity (Wildman–Crippen MR) is 147 cm³/mol. The summed E-state index contributed by atoms with van der Waals surface area (Å²) in [5.41, 5.74) is 0. The Hall–Kier alpha value is -0.460. The van der Waals surface area contributed by atoms with Gasteiger partial charge in [0.1, 0.15) is 12.7 Å². The maximum Gasteiger partial charge on any atom is 0.469 e. The number of unbranched alkanes of at least 4 members (excludes halogenated alkanes) is 21. The highest BCUT2D eigenvalue weighted by Crippen LogP contribution is 2.35. The maximum atomic E-state index is 11.6. The fourth-order valence-electron chi connectivity index (χ4n) is 4.37. The molecule has 0 saturated heterocycles. The van der Waals surface area contributed by atoms with Gasteiger partial charge in [-0.3, -0.25) is 9.32 Å². The molecule has 0 aliphatic heterocycles. The van der Waals surface area contributed by atoms with Crippen molar-refractivity contribution in [2.24, 2.45) is 0 Å². The third-order valence-corrected chi connectivity index (χ3v) is 7.09. The van der Waals surface area contributed by atoms with Crippen LogP contribution in [0.5, 0.6) is 0 Å². The van der Waals surface area contributed by atoms with E-state index in [0.29, 0.717) is 6.42 Å². The fraction of sp³-hybridized carbons (Fsp3) is 0.964. The van der Waals surface area contributed by atoms with Crippen molar-refractivity contribution < 1.29 is 33.5 Å². The van der Waals surface area contributed by atoms with E-state index in [1.54, 1.807) is 0 Å². The Balaban J connectivity index is 3.22. The molecule has 0 aromatic rings. The highest BCUT2D eigenvalue weighted by molar-refractivity contribution is 7.46. The highest BCUT2D eigenvalue weighted by Gasteiger charge is 2.17. The van der Waals surface area contributed by atoms with E-state index in [-0.39, 0.29) is 6.61 Å². The van der Waals surface area contributed by atoms with Gasteiger partial charge in [-0.05, 0) is 6.42 Å². The van der Waals surface area contributed by atoms with E-state index in [2.05, 4.69) is 11.4 Å². The molecule has 0 fully saturated rings. The van der Waals surface area contributed by atoms with E-state index >= 15 is 0 Å². The van der Waals surface area contributed by atoms with Crippen molar-refractivity contribution in [1.82, 2.24) is 0 Å². The Bertz CT molecular complexity index is 524. The van der Waals surface area contributed by atoms with E-state index < -0.39 is 26.5 Å². The summed E-state index contributed by atoms with van der Waals surface area (Å²) >= 11 is 0. The van der Waals surface area contributed by atoms with Crippen LogP contribution in [0.2, 0.25) is 0 Å². The van der Waals surface area contributed by atoms with Gasteiger partial charge < -0.3 is 19.6 Å². The largest absolute Gasteiger partial charge is 0.469 e. The van der Waals surface area contributed by atoms with Gasteiger partial charge in [0, 0.05) is 6.42 Å². The Labute approximate surface area is 221 Å². The number of phosphoric acid groups is 1. The summed E-state index contributed by atoms with van der Waals surface area (Å²) in [7, 11) is -4.62. The van der Waals surface area contributed by atoms with Gasteiger partial charge in [0.15, 0.2) is 0 Å². The first-order valence-corrected chi connectivity index (χ1v) is 16.4. The van der Waals surface area contributed by atoms with Gasteiger partial charge in [-0.1, -0.05) is 142 Å². The summed E-state index contributed by atoms with van der Waals surface area (Å²) in [5, 5.41) is 9.47. The number of carbonyl (C=O) groups excluding carboxylic acids is 1. The van der Waals surface area contributed by atoms with Crippen molar-refractivity contribution in [3.05, 3.63) is 0 Å². The van der Waals surface area contributed by atoms with Crippen LogP contribution in [0.25, 0.3) is 0 Å². The number of aliphatic hydroxyl groups is 1. The van der Waals surface area contributed by atoms with Crippen LogP contribution in [0.1, 0.15) is 155 Å². The number of aliphatic hydroxyl groups excluding tert-OH is 1. The first kappa shape index (κ1) is 35.5. The molecule has 216 valence electrons. The molecule has 36 heavy (non-hydrogen) atoms. The number of hydrogen-bond donors (Lipinski definition) is 3. The first-order chi connectivity index (χ1) is 17.3. The van der Waals surface area contributed by atoms with Crippen LogP contribution in [0.4, 0.5) is 0 Å². The van der Waals surface area contributed by atoms with Crippen LogP contribution in [-0.2, 0) is 18.6 Å². The molecule has 0 heterocycles. The topological polar surface area (TPSA) is 113 Å². The zero-order valence-corrected chi connectivity index (χ0v) is 24.1. The van der Waals surface area contributed by atoms with E-state index in [0.717, 1.165) is 19.3 Å². The first-order valence-electron chi connectivity index (χ1n) is 14.9. The highest BCUT2D eigenvalue weighted by atomic mass is 31.2. The lowest BCUT2D eigenvalue weighted by molar-refractivity contribution is -0.147. The van der Waals surface area contributed by atoms with Crippen molar-refractivity contribution >= 4 is 13.8 Å². The lowest BCUT2D eigenvalue weighted by Gasteiger charge is -2.12. The molecule has 1 atom stereocenters. The Kier molecular flexibility index (Phi) is 25.8. The zero-order chi connectivity index (χ0) is 26.7. The lowest BCUT2D eigenvalue weighted by Crippen LogP contribution is -2.23. The van der Waals surface area contributed by atoms with Gasteiger partial charge in [0.05, 0.1) is 6.61 Å². The third-order valence-electron chi connectivity index (χ3n) is 6.61. The molecule has 0 bridgehead atoms. The van der Waals surface area contributed by atoms with E-state index in [1.807, 2.05) is 0 Å². The van der Waals surface area contributed by atoms with E-state index in [9.17, 15) is 14.5 Å². The van der Waals surface area contributed by atoms with Gasteiger partial charge in [0.25, 0.3) is 0 Å². The van der Waals surface area contributed by atoms with Crippen LogP contribution < -0.4 is 0 Å². The van der Waals surface area contributed by atoms with Crippen molar-refractivity contribution in [3.63, 3.8) is 0 Å². The van der Waals surface area contributed by atoms with Crippen LogP contribution in [0.15, 0.2) is 0 Å². The van der Waals surface area contributed by atoms with Crippen LogP contribution in [0.3, 0.4) is 0 Å². The summed E-state index contributed by atoms with van der Waals surface area (Å²) in [5.74, 6) is -0.404. The summed E-state index contributed by atoms with van der Waals surface area (Å²) in [4.78, 5) is 28.7.